The highest BCUT2D eigenvalue weighted by Gasteiger charge is 2.40. The van der Waals surface area contributed by atoms with E-state index in [0.717, 1.165) is 17.7 Å². The van der Waals surface area contributed by atoms with Gasteiger partial charge in [-0.15, -0.1) is 0 Å². The molecule has 1 heterocycles. The van der Waals surface area contributed by atoms with Crippen molar-refractivity contribution in [2.45, 2.75) is 25.3 Å². The van der Waals surface area contributed by atoms with Crippen LogP contribution < -0.4 is 5.32 Å². The minimum atomic E-state index is -0.905. The van der Waals surface area contributed by atoms with Crippen LogP contribution in [0.2, 0.25) is 5.02 Å². The molecule has 24 heavy (non-hydrogen) atoms. The Bertz CT molecular complexity index is 859. The summed E-state index contributed by atoms with van der Waals surface area (Å²) in [6.07, 6.45) is 5.22. The molecule has 0 aromatic heterocycles. The molecule has 3 nitrogen and oxygen atoms in total. The number of aromatic carboxylic acids is 1. The largest absolute Gasteiger partial charge is 0.478 e. The van der Waals surface area contributed by atoms with Crippen LogP contribution in [-0.4, -0.2) is 11.1 Å². The van der Waals surface area contributed by atoms with Crippen molar-refractivity contribution < 1.29 is 9.90 Å². The van der Waals surface area contributed by atoms with Crippen LogP contribution in [0.3, 0.4) is 0 Å². The molecule has 2 aliphatic rings. The fraction of sp³-hybridized carbons (Fsp3) is 0.250. The van der Waals surface area contributed by atoms with E-state index in [0.29, 0.717) is 16.5 Å². The first-order chi connectivity index (χ1) is 11.6. The maximum absolute atomic E-state index is 11.7. The molecule has 2 aromatic carbocycles. The van der Waals surface area contributed by atoms with E-state index in [4.69, 9.17) is 11.6 Å². The number of nitrogens with one attached hydrogen (secondary N) is 1. The number of hydrogen-bond acceptors (Lipinski definition) is 2. The zero-order valence-electron chi connectivity index (χ0n) is 13.3. The van der Waals surface area contributed by atoms with E-state index in [9.17, 15) is 9.90 Å². The van der Waals surface area contributed by atoms with E-state index < -0.39 is 5.97 Å². The lowest BCUT2D eigenvalue weighted by Gasteiger charge is -2.38. The van der Waals surface area contributed by atoms with Gasteiger partial charge in [0, 0.05) is 5.92 Å². The SMILES string of the molecule is Cc1cccc([C@@H]2Nc3c(Cl)ccc(C(=O)O)c3C3C=CCC32)c1. The third kappa shape index (κ3) is 2.31. The first kappa shape index (κ1) is 15.3. The van der Waals surface area contributed by atoms with Gasteiger partial charge in [-0.2, -0.15) is 0 Å². The lowest BCUT2D eigenvalue weighted by Crippen LogP contribution is -2.30. The van der Waals surface area contributed by atoms with Crippen LogP contribution in [0.15, 0.2) is 48.6 Å². The summed E-state index contributed by atoms with van der Waals surface area (Å²) < 4.78 is 0. The summed E-state index contributed by atoms with van der Waals surface area (Å²) in [4.78, 5) is 11.7. The van der Waals surface area contributed by atoms with Gasteiger partial charge in [0.15, 0.2) is 0 Å². The number of fused-ring (bicyclic) bond motifs is 3. The monoisotopic (exact) mass is 339 g/mol. The topological polar surface area (TPSA) is 49.3 Å². The van der Waals surface area contributed by atoms with Crippen LogP contribution in [-0.2, 0) is 0 Å². The van der Waals surface area contributed by atoms with E-state index >= 15 is 0 Å². The number of carboxylic acids is 1. The molecule has 4 rings (SSSR count). The molecule has 2 aromatic rings. The van der Waals surface area contributed by atoms with Gasteiger partial charge in [0.2, 0.25) is 0 Å². The second-order valence-electron chi connectivity index (χ2n) is 6.58. The minimum absolute atomic E-state index is 0.0802. The first-order valence-corrected chi connectivity index (χ1v) is 8.49. The number of aryl methyl sites for hydroxylation is 1. The molecule has 0 amide bonds. The highest BCUT2D eigenvalue weighted by atomic mass is 35.5. The zero-order chi connectivity index (χ0) is 16.8. The lowest BCUT2D eigenvalue weighted by atomic mass is 9.75. The Balaban J connectivity index is 1.88. The second-order valence-corrected chi connectivity index (χ2v) is 6.99. The van der Waals surface area contributed by atoms with Gasteiger partial charge in [-0.25, -0.2) is 4.79 Å². The summed E-state index contributed by atoms with van der Waals surface area (Å²) in [5, 5.41) is 13.7. The van der Waals surface area contributed by atoms with Crippen molar-refractivity contribution in [3.8, 4) is 0 Å². The first-order valence-electron chi connectivity index (χ1n) is 8.11. The number of carbonyl (C=O) groups is 1. The normalized spacial score (nSPS) is 24.2. The van der Waals surface area contributed by atoms with Gasteiger partial charge in [-0.3, -0.25) is 0 Å². The summed E-state index contributed by atoms with van der Waals surface area (Å²) >= 11 is 6.41. The number of allylic oxidation sites excluding steroid dienone is 2. The van der Waals surface area contributed by atoms with Crippen molar-refractivity contribution >= 4 is 23.3 Å². The number of halogens is 1. The smallest absolute Gasteiger partial charge is 0.336 e. The summed E-state index contributed by atoms with van der Waals surface area (Å²) in [6, 6.07) is 11.9. The Morgan fingerprint density at radius 2 is 2.12 bits per heavy atom. The van der Waals surface area contributed by atoms with Gasteiger partial charge in [-0.1, -0.05) is 53.6 Å². The van der Waals surface area contributed by atoms with Crippen LogP contribution >= 0.6 is 11.6 Å². The van der Waals surface area contributed by atoms with Crippen LogP contribution in [0.1, 0.15) is 45.4 Å². The van der Waals surface area contributed by atoms with Gasteiger partial charge in [0.05, 0.1) is 22.3 Å². The highest BCUT2D eigenvalue weighted by molar-refractivity contribution is 6.33. The van der Waals surface area contributed by atoms with E-state index in [2.05, 4.69) is 48.7 Å². The van der Waals surface area contributed by atoms with Crippen LogP contribution in [0.5, 0.6) is 0 Å². The minimum Gasteiger partial charge on any atom is -0.478 e. The quantitative estimate of drug-likeness (QED) is 0.742. The average Bonchev–Trinajstić information content (AvgIpc) is 3.04. The van der Waals surface area contributed by atoms with E-state index in [1.165, 1.54) is 11.1 Å². The van der Waals surface area contributed by atoms with E-state index in [-0.39, 0.29) is 12.0 Å². The summed E-state index contributed by atoms with van der Waals surface area (Å²) in [7, 11) is 0. The Labute approximate surface area is 146 Å². The predicted molar refractivity (Wildman–Crippen MR) is 95.9 cm³/mol. The number of carboxylic acid groups (broad SMARTS) is 1. The fourth-order valence-electron chi connectivity index (χ4n) is 4.05. The molecule has 0 saturated carbocycles. The molecule has 0 bridgehead atoms. The highest BCUT2D eigenvalue weighted by Crippen LogP contribution is 2.52. The Morgan fingerprint density at radius 3 is 2.88 bits per heavy atom. The number of rotatable bonds is 2. The maximum atomic E-state index is 11.7. The Kier molecular flexibility index (Phi) is 3.61. The van der Waals surface area contributed by atoms with Crippen LogP contribution in [0.25, 0.3) is 0 Å². The van der Waals surface area contributed by atoms with Gasteiger partial charge >= 0.3 is 5.97 Å². The third-order valence-corrected chi connectivity index (χ3v) is 5.42. The van der Waals surface area contributed by atoms with E-state index in [1.54, 1.807) is 12.1 Å². The predicted octanol–water partition coefficient (Wildman–Crippen LogP) is 5.17. The standard InChI is InChI=1S/C20H18ClNO2/c1-11-4-2-5-12(10-11)18-14-7-3-6-13(14)17-15(20(23)24)8-9-16(21)19(17)22-18/h2-6,8-10,13-14,18,22H,7H2,1H3,(H,23,24)/t13?,14?,18-/m0/s1. The third-order valence-electron chi connectivity index (χ3n) is 5.10. The van der Waals surface area contributed by atoms with Crippen LogP contribution in [0.4, 0.5) is 5.69 Å². The van der Waals surface area contributed by atoms with Crippen LogP contribution in [0, 0.1) is 12.8 Å². The van der Waals surface area contributed by atoms with Crippen molar-refractivity contribution in [1.82, 2.24) is 0 Å². The molecular formula is C20H18ClNO2. The average molecular weight is 340 g/mol. The fourth-order valence-corrected chi connectivity index (χ4v) is 4.27. The molecule has 3 atom stereocenters. The van der Waals surface area contributed by atoms with Gasteiger partial charge in [0.25, 0.3) is 0 Å². The van der Waals surface area contributed by atoms with Crippen molar-refractivity contribution in [3.05, 3.63) is 75.8 Å². The zero-order valence-corrected chi connectivity index (χ0v) is 14.0. The van der Waals surface area contributed by atoms with Crippen molar-refractivity contribution in [1.29, 1.82) is 0 Å². The van der Waals surface area contributed by atoms with E-state index in [1.807, 2.05) is 0 Å². The number of anilines is 1. The molecule has 0 fully saturated rings. The number of hydrogen-bond donors (Lipinski definition) is 2. The van der Waals surface area contributed by atoms with Gasteiger partial charge in [0.1, 0.15) is 0 Å². The molecule has 0 radical (unpaired) electrons. The molecule has 122 valence electrons. The molecule has 1 aliphatic carbocycles. The summed E-state index contributed by atoms with van der Waals surface area (Å²) in [5.41, 5.74) is 4.35. The molecule has 0 saturated heterocycles. The maximum Gasteiger partial charge on any atom is 0.336 e. The number of benzene rings is 2. The van der Waals surface area contributed by atoms with Crippen molar-refractivity contribution in [3.63, 3.8) is 0 Å². The van der Waals surface area contributed by atoms with Crippen molar-refractivity contribution in [2.75, 3.05) is 5.32 Å². The summed E-state index contributed by atoms with van der Waals surface area (Å²) in [6.45, 7) is 2.08. The van der Waals surface area contributed by atoms with Gasteiger partial charge in [-0.05, 0) is 42.5 Å². The second kappa shape index (κ2) is 5.67. The molecule has 2 N–H and O–H groups in total. The Hall–Kier alpha value is -2.26. The van der Waals surface area contributed by atoms with Crippen molar-refractivity contribution in [2.24, 2.45) is 5.92 Å². The molecule has 2 unspecified atom stereocenters. The Morgan fingerprint density at radius 1 is 1.29 bits per heavy atom. The molecule has 4 heteroatoms. The summed E-state index contributed by atoms with van der Waals surface area (Å²) in [5.74, 6) is -0.523. The molecule has 1 aliphatic heterocycles. The molecular weight excluding hydrogens is 322 g/mol. The lowest BCUT2D eigenvalue weighted by molar-refractivity contribution is 0.0695. The van der Waals surface area contributed by atoms with Gasteiger partial charge < -0.3 is 10.4 Å². The molecule has 0 spiro atoms.